The summed E-state index contributed by atoms with van der Waals surface area (Å²) in [6, 6.07) is 0. The smallest absolute Gasteiger partial charge is 0.162 e. The fourth-order valence-electron chi connectivity index (χ4n) is 1.87. The number of unbranched alkanes of at least 4 members (excludes halogenated alkanes) is 1. The molecule has 0 heterocycles. The lowest BCUT2D eigenvalue weighted by atomic mass is 9.74. The minimum Gasteiger partial charge on any atom is -0.355 e. The van der Waals surface area contributed by atoms with Crippen molar-refractivity contribution in [1.29, 1.82) is 0 Å². The van der Waals surface area contributed by atoms with Crippen molar-refractivity contribution in [2.45, 2.75) is 53.2 Å². The molecule has 0 amide bonds. The predicted octanol–water partition coefficient (Wildman–Crippen LogP) is 3.46. The zero-order valence-electron chi connectivity index (χ0n) is 10.6. The van der Waals surface area contributed by atoms with E-state index in [1.807, 2.05) is 0 Å². The molecule has 0 rings (SSSR count). The van der Waals surface area contributed by atoms with E-state index < -0.39 is 0 Å². The third-order valence-electron chi connectivity index (χ3n) is 3.35. The summed E-state index contributed by atoms with van der Waals surface area (Å²) in [6.07, 6.45) is 3.53. The molecule has 0 aromatic carbocycles. The summed E-state index contributed by atoms with van der Waals surface area (Å²) in [5.41, 5.74) is 0.125. The quantitative estimate of drug-likeness (QED) is 0.589. The molecule has 0 aliphatic heterocycles. The standard InChI is InChI=1S/C12H26O2/c1-7-8-9-12(4,10(2)3)11(13-5)14-6/h10-11H,7-9H2,1-6H3. The van der Waals surface area contributed by atoms with Crippen molar-refractivity contribution in [2.24, 2.45) is 11.3 Å². The van der Waals surface area contributed by atoms with Crippen LogP contribution in [0.3, 0.4) is 0 Å². The van der Waals surface area contributed by atoms with Crippen molar-refractivity contribution >= 4 is 0 Å². The van der Waals surface area contributed by atoms with Crippen LogP contribution in [0.2, 0.25) is 0 Å². The molecule has 1 atom stereocenters. The van der Waals surface area contributed by atoms with Gasteiger partial charge in [-0.05, 0) is 12.3 Å². The van der Waals surface area contributed by atoms with Crippen molar-refractivity contribution in [3.05, 3.63) is 0 Å². The third-order valence-corrected chi connectivity index (χ3v) is 3.35. The van der Waals surface area contributed by atoms with E-state index in [1.54, 1.807) is 14.2 Å². The molecule has 86 valence electrons. The zero-order chi connectivity index (χ0) is 11.2. The molecule has 0 fully saturated rings. The van der Waals surface area contributed by atoms with Crippen LogP contribution in [0.15, 0.2) is 0 Å². The number of rotatable bonds is 7. The molecule has 0 aromatic heterocycles. The van der Waals surface area contributed by atoms with Gasteiger partial charge in [0.2, 0.25) is 0 Å². The van der Waals surface area contributed by atoms with E-state index in [4.69, 9.17) is 9.47 Å². The second-order valence-corrected chi connectivity index (χ2v) is 4.57. The number of methoxy groups -OCH3 is 2. The lowest BCUT2D eigenvalue weighted by Gasteiger charge is -2.39. The van der Waals surface area contributed by atoms with Gasteiger partial charge < -0.3 is 9.47 Å². The first-order valence-corrected chi connectivity index (χ1v) is 5.58. The summed E-state index contributed by atoms with van der Waals surface area (Å²) >= 11 is 0. The van der Waals surface area contributed by atoms with Gasteiger partial charge in [0, 0.05) is 19.6 Å². The Bertz CT molecular complexity index is 141. The topological polar surface area (TPSA) is 18.5 Å². The van der Waals surface area contributed by atoms with Gasteiger partial charge in [0.1, 0.15) is 0 Å². The Kier molecular flexibility index (Phi) is 6.38. The van der Waals surface area contributed by atoms with Gasteiger partial charge >= 0.3 is 0 Å². The van der Waals surface area contributed by atoms with Gasteiger partial charge in [0.05, 0.1) is 0 Å². The highest BCUT2D eigenvalue weighted by Gasteiger charge is 2.37. The maximum Gasteiger partial charge on any atom is 0.162 e. The van der Waals surface area contributed by atoms with Crippen LogP contribution in [0.25, 0.3) is 0 Å². The van der Waals surface area contributed by atoms with Gasteiger partial charge in [-0.1, -0.05) is 40.5 Å². The van der Waals surface area contributed by atoms with Gasteiger partial charge in [0.15, 0.2) is 6.29 Å². The molecular formula is C12H26O2. The van der Waals surface area contributed by atoms with Crippen molar-refractivity contribution in [3.8, 4) is 0 Å². The molecule has 0 aliphatic rings. The van der Waals surface area contributed by atoms with E-state index in [1.165, 1.54) is 12.8 Å². The number of hydrogen-bond donors (Lipinski definition) is 0. The van der Waals surface area contributed by atoms with Gasteiger partial charge in [0.25, 0.3) is 0 Å². The Hall–Kier alpha value is -0.0800. The Balaban J connectivity index is 4.50. The predicted molar refractivity (Wildman–Crippen MR) is 60.3 cm³/mol. The molecule has 0 radical (unpaired) electrons. The molecule has 0 saturated carbocycles. The Morgan fingerprint density at radius 3 is 1.93 bits per heavy atom. The van der Waals surface area contributed by atoms with Crippen molar-refractivity contribution in [3.63, 3.8) is 0 Å². The molecule has 0 saturated heterocycles. The monoisotopic (exact) mass is 202 g/mol. The van der Waals surface area contributed by atoms with Crippen LogP contribution in [0.1, 0.15) is 47.0 Å². The van der Waals surface area contributed by atoms with E-state index in [9.17, 15) is 0 Å². The Morgan fingerprint density at radius 2 is 1.64 bits per heavy atom. The summed E-state index contributed by atoms with van der Waals surface area (Å²) in [5, 5.41) is 0. The summed E-state index contributed by atoms with van der Waals surface area (Å²) in [7, 11) is 3.45. The third kappa shape index (κ3) is 3.25. The van der Waals surface area contributed by atoms with Gasteiger partial charge in [-0.2, -0.15) is 0 Å². The molecule has 0 aromatic rings. The average Bonchev–Trinajstić information content (AvgIpc) is 2.16. The van der Waals surface area contributed by atoms with Gasteiger partial charge in [-0.3, -0.25) is 0 Å². The average molecular weight is 202 g/mol. The second-order valence-electron chi connectivity index (χ2n) is 4.57. The lowest BCUT2D eigenvalue weighted by molar-refractivity contribution is -0.189. The van der Waals surface area contributed by atoms with E-state index in [2.05, 4.69) is 27.7 Å². The molecule has 1 unspecified atom stereocenters. The summed E-state index contributed by atoms with van der Waals surface area (Å²) in [5.74, 6) is 0.568. The molecule has 0 bridgehead atoms. The first-order valence-electron chi connectivity index (χ1n) is 5.58. The lowest BCUT2D eigenvalue weighted by Crippen LogP contribution is -2.39. The summed E-state index contributed by atoms with van der Waals surface area (Å²) < 4.78 is 10.8. The van der Waals surface area contributed by atoms with Gasteiger partial charge in [-0.15, -0.1) is 0 Å². The highest BCUT2D eigenvalue weighted by molar-refractivity contribution is 4.81. The SMILES string of the molecule is CCCCC(C)(C(C)C)C(OC)OC. The second kappa shape index (κ2) is 6.41. The van der Waals surface area contributed by atoms with Crippen LogP contribution >= 0.6 is 0 Å². The van der Waals surface area contributed by atoms with Crippen LogP contribution in [0.4, 0.5) is 0 Å². The molecule has 2 heteroatoms. The van der Waals surface area contributed by atoms with E-state index in [0.29, 0.717) is 5.92 Å². The van der Waals surface area contributed by atoms with Crippen molar-refractivity contribution < 1.29 is 9.47 Å². The zero-order valence-corrected chi connectivity index (χ0v) is 10.6. The maximum absolute atomic E-state index is 5.40. The first kappa shape index (κ1) is 13.9. The fourth-order valence-corrected chi connectivity index (χ4v) is 1.87. The van der Waals surface area contributed by atoms with Crippen LogP contribution in [0.5, 0.6) is 0 Å². The van der Waals surface area contributed by atoms with Gasteiger partial charge in [-0.25, -0.2) is 0 Å². The minimum absolute atomic E-state index is 0.0888. The summed E-state index contributed by atoms with van der Waals surface area (Å²) in [6.45, 7) is 8.95. The number of ether oxygens (including phenoxy) is 2. The van der Waals surface area contributed by atoms with Crippen LogP contribution < -0.4 is 0 Å². The highest BCUT2D eigenvalue weighted by Crippen LogP contribution is 2.38. The molecule has 0 aliphatic carbocycles. The van der Waals surface area contributed by atoms with Crippen molar-refractivity contribution in [2.75, 3.05) is 14.2 Å². The Labute approximate surface area is 89.0 Å². The van der Waals surface area contributed by atoms with Crippen LogP contribution in [-0.4, -0.2) is 20.5 Å². The molecule has 14 heavy (non-hydrogen) atoms. The van der Waals surface area contributed by atoms with Crippen molar-refractivity contribution in [1.82, 2.24) is 0 Å². The Morgan fingerprint density at radius 1 is 1.14 bits per heavy atom. The first-order chi connectivity index (χ1) is 6.52. The normalized spacial score (nSPS) is 16.3. The maximum atomic E-state index is 5.40. The van der Waals surface area contributed by atoms with E-state index in [-0.39, 0.29) is 11.7 Å². The summed E-state index contributed by atoms with van der Waals surface area (Å²) in [4.78, 5) is 0. The van der Waals surface area contributed by atoms with Crippen LogP contribution in [0, 0.1) is 11.3 Å². The van der Waals surface area contributed by atoms with E-state index in [0.717, 1.165) is 6.42 Å². The number of hydrogen-bond acceptors (Lipinski definition) is 2. The highest BCUT2D eigenvalue weighted by atomic mass is 16.7. The largest absolute Gasteiger partial charge is 0.355 e. The minimum atomic E-state index is -0.0888. The molecule has 0 N–H and O–H groups in total. The molecular weight excluding hydrogens is 176 g/mol. The van der Waals surface area contributed by atoms with E-state index >= 15 is 0 Å². The molecule has 0 spiro atoms. The van der Waals surface area contributed by atoms with Crippen LogP contribution in [-0.2, 0) is 9.47 Å². The fraction of sp³-hybridized carbons (Fsp3) is 1.00. The molecule has 2 nitrogen and oxygen atoms in total.